The molecule has 3 N–H and O–H groups in total. The largest absolute Gasteiger partial charge is 0.490 e. The summed E-state index contributed by atoms with van der Waals surface area (Å²) in [5, 5.41) is 3.20. The number of anilines is 1. The summed E-state index contributed by atoms with van der Waals surface area (Å²) in [6.45, 7) is 6.08. The van der Waals surface area contributed by atoms with Gasteiger partial charge in [0.2, 0.25) is 5.91 Å². The summed E-state index contributed by atoms with van der Waals surface area (Å²) >= 11 is 6.34. The van der Waals surface area contributed by atoms with Crippen LogP contribution in [0.25, 0.3) is 11.1 Å². The van der Waals surface area contributed by atoms with Gasteiger partial charge in [0.1, 0.15) is 18.2 Å². The van der Waals surface area contributed by atoms with E-state index < -0.39 is 0 Å². The minimum atomic E-state index is -0.174. The highest BCUT2D eigenvalue weighted by atomic mass is 35.5. The summed E-state index contributed by atoms with van der Waals surface area (Å²) in [5.41, 5.74) is 7.80. The molecule has 0 fully saturated rings. The molecule has 1 aromatic heterocycles. The Morgan fingerprint density at radius 2 is 2.12 bits per heavy atom. The monoisotopic (exact) mass is 361 g/mol. The standard InChI is InChI=1S/C19H24ClN3O2/c1-12(2)9-15(21)11-25-19-16(5-4-6-17(19)20)14-7-8-22-18(10-14)23-13(3)24/h4-8,10,12,15H,9,11,21H2,1-3H3,(H,22,23,24). The smallest absolute Gasteiger partial charge is 0.222 e. The van der Waals surface area contributed by atoms with Crippen LogP contribution in [-0.2, 0) is 4.79 Å². The van der Waals surface area contributed by atoms with Crippen molar-refractivity contribution in [1.29, 1.82) is 0 Å². The minimum Gasteiger partial charge on any atom is -0.490 e. The fraction of sp³-hybridized carbons (Fsp3) is 0.368. The van der Waals surface area contributed by atoms with E-state index in [4.69, 9.17) is 22.1 Å². The van der Waals surface area contributed by atoms with Crippen molar-refractivity contribution < 1.29 is 9.53 Å². The zero-order chi connectivity index (χ0) is 18.4. The molecule has 0 saturated heterocycles. The number of nitrogens with one attached hydrogen (secondary N) is 1. The van der Waals surface area contributed by atoms with E-state index in [1.54, 1.807) is 18.3 Å². The highest BCUT2D eigenvalue weighted by Crippen LogP contribution is 2.36. The Labute approximate surface area is 153 Å². The van der Waals surface area contributed by atoms with Gasteiger partial charge in [-0.1, -0.05) is 37.6 Å². The predicted octanol–water partition coefficient (Wildman–Crippen LogP) is 4.11. The molecule has 5 nitrogen and oxygen atoms in total. The van der Waals surface area contributed by atoms with Crippen LogP contribution in [0.5, 0.6) is 5.75 Å². The molecule has 1 heterocycles. The second kappa shape index (κ2) is 8.83. The number of carbonyl (C=O) groups is 1. The predicted molar refractivity (Wildman–Crippen MR) is 102 cm³/mol. The zero-order valence-electron chi connectivity index (χ0n) is 14.8. The Morgan fingerprint density at radius 1 is 1.36 bits per heavy atom. The number of nitrogens with zero attached hydrogens (tertiary/aromatic N) is 1. The topological polar surface area (TPSA) is 77.2 Å². The third-order valence-electron chi connectivity index (χ3n) is 3.56. The van der Waals surface area contributed by atoms with Gasteiger partial charge < -0.3 is 15.8 Å². The lowest BCUT2D eigenvalue weighted by molar-refractivity contribution is -0.114. The SMILES string of the molecule is CC(=O)Nc1cc(-c2cccc(Cl)c2OCC(N)CC(C)C)ccn1. The van der Waals surface area contributed by atoms with Crippen LogP contribution in [0.1, 0.15) is 27.2 Å². The first kappa shape index (κ1) is 19.2. The van der Waals surface area contributed by atoms with E-state index in [1.807, 2.05) is 18.2 Å². The van der Waals surface area contributed by atoms with E-state index >= 15 is 0 Å². The van der Waals surface area contributed by atoms with Crippen LogP contribution >= 0.6 is 11.6 Å². The summed E-state index contributed by atoms with van der Waals surface area (Å²) in [7, 11) is 0. The first-order chi connectivity index (χ1) is 11.9. The van der Waals surface area contributed by atoms with Gasteiger partial charge in [-0.25, -0.2) is 4.98 Å². The second-order valence-electron chi connectivity index (χ2n) is 6.43. The molecule has 134 valence electrons. The third-order valence-corrected chi connectivity index (χ3v) is 3.86. The number of aromatic nitrogens is 1. The molecule has 6 heteroatoms. The van der Waals surface area contributed by atoms with Crippen molar-refractivity contribution in [2.75, 3.05) is 11.9 Å². The van der Waals surface area contributed by atoms with E-state index in [1.165, 1.54) is 6.92 Å². The number of hydrogen-bond donors (Lipinski definition) is 2. The highest BCUT2D eigenvalue weighted by Gasteiger charge is 2.14. The fourth-order valence-electron chi connectivity index (χ4n) is 2.59. The minimum absolute atomic E-state index is 0.0588. The van der Waals surface area contributed by atoms with Crippen LogP contribution in [-0.4, -0.2) is 23.5 Å². The maximum Gasteiger partial charge on any atom is 0.222 e. The maximum absolute atomic E-state index is 11.2. The second-order valence-corrected chi connectivity index (χ2v) is 6.84. The van der Waals surface area contributed by atoms with Crippen molar-refractivity contribution in [2.45, 2.75) is 33.2 Å². The number of rotatable bonds is 7. The van der Waals surface area contributed by atoms with Crippen LogP contribution in [0.2, 0.25) is 5.02 Å². The summed E-state index contributed by atoms with van der Waals surface area (Å²) in [6, 6.07) is 9.13. The Bertz CT molecular complexity index is 734. The molecule has 1 unspecified atom stereocenters. The Balaban J connectivity index is 2.27. The van der Waals surface area contributed by atoms with Crippen molar-refractivity contribution in [3.63, 3.8) is 0 Å². The van der Waals surface area contributed by atoms with Gasteiger partial charge in [0, 0.05) is 24.7 Å². The Hall–Kier alpha value is -2.11. The fourth-order valence-corrected chi connectivity index (χ4v) is 2.82. The molecular formula is C19H24ClN3O2. The van der Waals surface area contributed by atoms with Crippen molar-refractivity contribution in [3.05, 3.63) is 41.6 Å². The molecule has 0 spiro atoms. The molecule has 1 aromatic carbocycles. The number of amides is 1. The van der Waals surface area contributed by atoms with Crippen molar-refractivity contribution in [2.24, 2.45) is 11.7 Å². The number of ether oxygens (including phenoxy) is 1. The number of para-hydroxylation sites is 1. The van der Waals surface area contributed by atoms with Gasteiger partial charge >= 0.3 is 0 Å². The molecule has 2 rings (SSSR count). The van der Waals surface area contributed by atoms with Crippen molar-refractivity contribution in [3.8, 4) is 16.9 Å². The molecular weight excluding hydrogens is 338 g/mol. The van der Waals surface area contributed by atoms with E-state index in [0.29, 0.717) is 29.1 Å². The number of halogens is 1. The molecule has 0 bridgehead atoms. The molecule has 0 saturated carbocycles. The van der Waals surface area contributed by atoms with Gasteiger partial charge in [-0.15, -0.1) is 0 Å². The number of pyridine rings is 1. The highest BCUT2D eigenvalue weighted by molar-refractivity contribution is 6.32. The van der Waals surface area contributed by atoms with Crippen LogP contribution in [0.15, 0.2) is 36.5 Å². The molecule has 0 aliphatic rings. The third kappa shape index (κ3) is 5.73. The summed E-state index contributed by atoms with van der Waals surface area (Å²) in [6.07, 6.45) is 2.51. The van der Waals surface area contributed by atoms with Gasteiger partial charge in [0.25, 0.3) is 0 Å². The van der Waals surface area contributed by atoms with E-state index in [9.17, 15) is 4.79 Å². The van der Waals surface area contributed by atoms with Crippen molar-refractivity contribution >= 4 is 23.3 Å². The van der Waals surface area contributed by atoms with Gasteiger partial charge in [0.05, 0.1) is 5.02 Å². The van der Waals surface area contributed by atoms with Gasteiger partial charge in [-0.3, -0.25) is 4.79 Å². The number of benzene rings is 1. The van der Waals surface area contributed by atoms with Gasteiger partial charge in [-0.05, 0) is 36.1 Å². The molecule has 0 aliphatic heterocycles. The summed E-state index contributed by atoms with van der Waals surface area (Å²) in [5.74, 6) is 1.40. The van der Waals surface area contributed by atoms with Crippen LogP contribution < -0.4 is 15.8 Å². The Morgan fingerprint density at radius 3 is 2.80 bits per heavy atom. The lowest BCUT2D eigenvalue weighted by Crippen LogP contribution is -2.29. The first-order valence-corrected chi connectivity index (χ1v) is 8.65. The lowest BCUT2D eigenvalue weighted by Gasteiger charge is -2.18. The molecule has 0 radical (unpaired) electrons. The van der Waals surface area contributed by atoms with Gasteiger partial charge in [0.15, 0.2) is 0 Å². The molecule has 1 amide bonds. The van der Waals surface area contributed by atoms with Gasteiger partial charge in [-0.2, -0.15) is 0 Å². The van der Waals surface area contributed by atoms with Crippen molar-refractivity contribution in [1.82, 2.24) is 4.98 Å². The quantitative estimate of drug-likeness (QED) is 0.777. The molecule has 1 atom stereocenters. The average molecular weight is 362 g/mol. The van der Waals surface area contributed by atoms with E-state index in [2.05, 4.69) is 24.1 Å². The van der Waals surface area contributed by atoms with Crippen LogP contribution in [0.3, 0.4) is 0 Å². The number of nitrogens with two attached hydrogens (primary N) is 1. The Kier molecular flexibility index (Phi) is 6.79. The van der Waals surface area contributed by atoms with E-state index in [-0.39, 0.29) is 11.9 Å². The molecule has 2 aromatic rings. The summed E-state index contributed by atoms with van der Waals surface area (Å²) in [4.78, 5) is 15.4. The number of carbonyl (C=O) groups excluding carboxylic acids is 1. The zero-order valence-corrected chi connectivity index (χ0v) is 15.5. The first-order valence-electron chi connectivity index (χ1n) is 8.27. The van der Waals surface area contributed by atoms with E-state index in [0.717, 1.165) is 17.5 Å². The number of hydrogen-bond acceptors (Lipinski definition) is 4. The van der Waals surface area contributed by atoms with Crippen LogP contribution in [0, 0.1) is 5.92 Å². The molecule has 25 heavy (non-hydrogen) atoms. The lowest BCUT2D eigenvalue weighted by atomic mass is 10.0. The van der Waals surface area contributed by atoms with Crippen LogP contribution in [0.4, 0.5) is 5.82 Å². The summed E-state index contributed by atoms with van der Waals surface area (Å²) < 4.78 is 5.94. The average Bonchev–Trinajstić information content (AvgIpc) is 2.52. The maximum atomic E-state index is 11.2. The normalized spacial score (nSPS) is 12.1. The molecule has 0 aliphatic carbocycles.